The van der Waals surface area contributed by atoms with Gasteiger partial charge in [-0.15, -0.1) is 0 Å². The zero-order chi connectivity index (χ0) is 14.8. The quantitative estimate of drug-likeness (QED) is 0.925. The zero-order valence-electron chi connectivity index (χ0n) is 11.4. The predicted molar refractivity (Wildman–Crippen MR) is 75.8 cm³/mol. The zero-order valence-corrected chi connectivity index (χ0v) is 11.4. The molecule has 0 bridgehead atoms. The number of nitrogens with zero attached hydrogens (tertiary/aromatic N) is 3. The number of carbonyl (C=O) groups excluding carboxylic acids is 1. The van der Waals surface area contributed by atoms with Crippen molar-refractivity contribution in [2.45, 2.75) is 12.8 Å². The molecule has 1 N–H and O–H groups in total. The SMILES string of the molecule is O=C(O)CC1CCN(C(=O)c2cnc3ccccc3n2)C1. The fraction of sp³-hybridized carbons (Fsp3) is 0.333. The molecule has 2 heterocycles. The van der Waals surface area contributed by atoms with Crippen LogP contribution in [0.4, 0.5) is 0 Å². The molecule has 3 rings (SSSR count). The number of carboxylic acids is 1. The number of likely N-dealkylation sites (tertiary alicyclic amines) is 1. The molecule has 1 amide bonds. The molecule has 108 valence electrons. The number of hydrogen-bond acceptors (Lipinski definition) is 4. The summed E-state index contributed by atoms with van der Waals surface area (Å²) in [4.78, 5) is 33.4. The fourth-order valence-electron chi connectivity index (χ4n) is 2.65. The van der Waals surface area contributed by atoms with Gasteiger partial charge in [-0.3, -0.25) is 14.6 Å². The molecule has 1 saturated heterocycles. The Labute approximate surface area is 121 Å². The van der Waals surface area contributed by atoms with Crippen LogP contribution in [0.1, 0.15) is 23.3 Å². The van der Waals surface area contributed by atoms with Crippen LogP contribution in [0.3, 0.4) is 0 Å². The van der Waals surface area contributed by atoms with Gasteiger partial charge in [-0.25, -0.2) is 4.98 Å². The monoisotopic (exact) mass is 285 g/mol. The number of hydrogen-bond donors (Lipinski definition) is 1. The fourth-order valence-corrected chi connectivity index (χ4v) is 2.65. The second-order valence-corrected chi connectivity index (χ2v) is 5.25. The van der Waals surface area contributed by atoms with Crippen molar-refractivity contribution in [1.82, 2.24) is 14.9 Å². The number of fused-ring (bicyclic) bond motifs is 1. The van der Waals surface area contributed by atoms with Crippen LogP contribution in [0.5, 0.6) is 0 Å². The van der Waals surface area contributed by atoms with E-state index in [9.17, 15) is 9.59 Å². The van der Waals surface area contributed by atoms with Crippen molar-refractivity contribution in [3.63, 3.8) is 0 Å². The maximum absolute atomic E-state index is 12.4. The largest absolute Gasteiger partial charge is 0.481 e. The summed E-state index contributed by atoms with van der Waals surface area (Å²) in [6, 6.07) is 7.38. The first-order valence-electron chi connectivity index (χ1n) is 6.86. The van der Waals surface area contributed by atoms with Gasteiger partial charge in [0, 0.05) is 19.5 Å². The van der Waals surface area contributed by atoms with E-state index >= 15 is 0 Å². The van der Waals surface area contributed by atoms with Crippen LogP contribution in [0.2, 0.25) is 0 Å². The molecule has 1 unspecified atom stereocenters. The normalized spacial score (nSPS) is 18.1. The molecule has 6 nitrogen and oxygen atoms in total. The van der Waals surface area contributed by atoms with Crippen molar-refractivity contribution in [2.24, 2.45) is 5.92 Å². The van der Waals surface area contributed by atoms with Gasteiger partial charge in [0.25, 0.3) is 5.91 Å². The first-order chi connectivity index (χ1) is 10.1. The Bertz CT molecular complexity index is 701. The number of carbonyl (C=O) groups is 2. The molecule has 21 heavy (non-hydrogen) atoms. The van der Waals surface area contributed by atoms with Gasteiger partial charge in [0.15, 0.2) is 0 Å². The van der Waals surface area contributed by atoms with Crippen LogP contribution in [0.25, 0.3) is 11.0 Å². The van der Waals surface area contributed by atoms with E-state index in [1.807, 2.05) is 24.3 Å². The molecule has 0 spiro atoms. The molecule has 0 aliphatic carbocycles. The maximum Gasteiger partial charge on any atom is 0.303 e. The Morgan fingerprint density at radius 2 is 2.05 bits per heavy atom. The molecule has 1 atom stereocenters. The Morgan fingerprint density at radius 3 is 2.81 bits per heavy atom. The van der Waals surface area contributed by atoms with Gasteiger partial charge in [0.2, 0.25) is 0 Å². The minimum atomic E-state index is -0.820. The van der Waals surface area contributed by atoms with Crippen LogP contribution in [0.15, 0.2) is 30.5 Å². The van der Waals surface area contributed by atoms with Crippen molar-refractivity contribution in [2.75, 3.05) is 13.1 Å². The van der Waals surface area contributed by atoms with Crippen LogP contribution < -0.4 is 0 Å². The maximum atomic E-state index is 12.4. The average Bonchev–Trinajstić information content (AvgIpc) is 2.93. The van der Waals surface area contributed by atoms with Crippen molar-refractivity contribution < 1.29 is 14.7 Å². The van der Waals surface area contributed by atoms with Crippen LogP contribution >= 0.6 is 0 Å². The van der Waals surface area contributed by atoms with E-state index in [0.29, 0.717) is 24.3 Å². The summed E-state index contributed by atoms with van der Waals surface area (Å²) >= 11 is 0. The lowest BCUT2D eigenvalue weighted by Gasteiger charge is -2.15. The standard InChI is InChI=1S/C15H15N3O3/c19-14(20)7-10-5-6-18(9-10)15(21)13-8-16-11-3-1-2-4-12(11)17-13/h1-4,8,10H,5-7,9H2,(H,19,20). The minimum Gasteiger partial charge on any atom is -0.481 e. The highest BCUT2D eigenvalue weighted by atomic mass is 16.4. The molecule has 0 saturated carbocycles. The Hall–Kier alpha value is -2.50. The second kappa shape index (κ2) is 5.47. The number of benzene rings is 1. The molecule has 1 aromatic carbocycles. The molecular weight excluding hydrogens is 270 g/mol. The lowest BCUT2D eigenvalue weighted by molar-refractivity contribution is -0.138. The highest BCUT2D eigenvalue weighted by Crippen LogP contribution is 2.21. The van der Waals surface area contributed by atoms with E-state index in [4.69, 9.17) is 5.11 Å². The van der Waals surface area contributed by atoms with Gasteiger partial charge in [-0.05, 0) is 24.5 Å². The van der Waals surface area contributed by atoms with E-state index < -0.39 is 5.97 Å². The van der Waals surface area contributed by atoms with Gasteiger partial charge >= 0.3 is 5.97 Å². The third-order valence-electron chi connectivity index (χ3n) is 3.70. The number of rotatable bonds is 3. The lowest BCUT2D eigenvalue weighted by atomic mass is 10.1. The number of aromatic nitrogens is 2. The molecule has 1 aliphatic rings. The van der Waals surface area contributed by atoms with Crippen LogP contribution in [0, 0.1) is 5.92 Å². The van der Waals surface area contributed by atoms with Crippen LogP contribution in [-0.2, 0) is 4.79 Å². The van der Waals surface area contributed by atoms with Gasteiger partial charge in [0.1, 0.15) is 5.69 Å². The highest BCUT2D eigenvalue weighted by Gasteiger charge is 2.29. The minimum absolute atomic E-state index is 0.0277. The summed E-state index contributed by atoms with van der Waals surface area (Å²) in [5, 5.41) is 8.81. The average molecular weight is 285 g/mol. The number of carboxylic acid groups (broad SMARTS) is 1. The molecule has 1 aliphatic heterocycles. The molecular formula is C15H15N3O3. The summed E-state index contributed by atoms with van der Waals surface area (Å²) < 4.78 is 0. The summed E-state index contributed by atoms with van der Waals surface area (Å²) in [6.07, 6.45) is 2.31. The number of amides is 1. The van der Waals surface area contributed by atoms with Gasteiger partial charge in [0.05, 0.1) is 17.2 Å². The molecule has 6 heteroatoms. The Balaban J connectivity index is 1.76. The molecule has 2 aromatic rings. The van der Waals surface area contributed by atoms with E-state index in [-0.39, 0.29) is 18.2 Å². The summed E-state index contributed by atoms with van der Waals surface area (Å²) in [6.45, 7) is 1.05. The first-order valence-corrected chi connectivity index (χ1v) is 6.86. The summed E-state index contributed by atoms with van der Waals surface area (Å²) in [7, 11) is 0. The van der Waals surface area contributed by atoms with Crippen molar-refractivity contribution >= 4 is 22.9 Å². The lowest BCUT2D eigenvalue weighted by Crippen LogP contribution is -2.29. The number of para-hydroxylation sites is 2. The van der Waals surface area contributed by atoms with Crippen molar-refractivity contribution in [1.29, 1.82) is 0 Å². The third-order valence-corrected chi connectivity index (χ3v) is 3.70. The van der Waals surface area contributed by atoms with Gasteiger partial charge in [-0.2, -0.15) is 0 Å². The molecule has 1 fully saturated rings. The molecule has 1 aromatic heterocycles. The topological polar surface area (TPSA) is 83.4 Å². The van der Waals surface area contributed by atoms with Crippen molar-refractivity contribution in [3.8, 4) is 0 Å². The Morgan fingerprint density at radius 1 is 1.29 bits per heavy atom. The van der Waals surface area contributed by atoms with Gasteiger partial charge in [-0.1, -0.05) is 12.1 Å². The predicted octanol–water partition coefficient (Wildman–Crippen LogP) is 1.57. The molecule has 0 radical (unpaired) electrons. The number of aliphatic carboxylic acids is 1. The van der Waals surface area contributed by atoms with E-state index in [1.165, 1.54) is 6.20 Å². The van der Waals surface area contributed by atoms with E-state index in [1.54, 1.807) is 4.90 Å². The van der Waals surface area contributed by atoms with E-state index in [0.717, 1.165) is 11.9 Å². The second-order valence-electron chi connectivity index (χ2n) is 5.25. The summed E-state index contributed by atoms with van der Waals surface area (Å²) in [5.41, 5.74) is 1.74. The van der Waals surface area contributed by atoms with Gasteiger partial charge < -0.3 is 10.0 Å². The van der Waals surface area contributed by atoms with E-state index in [2.05, 4.69) is 9.97 Å². The van der Waals surface area contributed by atoms with Crippen molar-refractivity contribution in [3.05, 3.63) is 36.2 Å². The third kappa shape index (κ3) is 2.84. The first kappa shape index (κ1) is 13.5. The summed E-state index contributed by atoms with van der Waals surface area (Å²) in [5.74, 6) is -0.971. The smallest absolute Gasteiger partial charge is 0.303 e. The van der Waals surface area contributed by atoms with Crippen LogP contribution in [-0.4, -0.2) is 44.9 Å². The Kier molecular flexibility index (Phi) is 3.51. The highest BCUT2D eigenvalue weighted by molar-refractivity contribution is 5.94.